The van der Waals surface area contributed by atoms with E-state index in [2.05, 4.69) is 27.4 Å². The highest BCUT2D eigenvalue weighted by Gasteiger charge is 2.17. The second-order valence-corrected chi connectivity index (χ2v) is 7.09. The predicted molar refractivity (Wildman–Crippen MR) is 112 cm³/mol. The number of benzene rings is 2. The topological polar surface area (TPSA) is 93.0 Å². The van der Waals surface area contributed by atoms with Gasteiger partial charge < -0.3 is 15.3 Å². The summed E-state index contributed by atoms with van der Waals surface area (Å²) < 4.78 is 14.0. The van der Waals surface area contributed by atoms with Gasteiger partial charge in [-0.05, 0) is 35.9 Å². The van der Waals surface area contributed by atoms with E-state index in [4.69, 9.17) is 15.3 Å². The van der Waals surface area contributed by atoms with Crippen LogP contribution < -0.4 is 15.3 Å². The summed E-state index contributed by atoms with van der Waals surface area (Å²) in [5.74, 6) is 8.82. The molecule has 2 N–H and O–H groups in total. The number of methoxy groups -OCH3 is 2. The Morgan fingerprint density at radius 3 is 2.55 bits per heavy atom. The minimum Gasteiger partial charge on any atom is -0.497 e. The van der Waals surface area contributed by atoms with E-state index < -0.39 is 0 Å². The van der Waals surface area contributed by atoms with Gasteiger partial charge >= 0.3 is 0 Å². The van der Waals surface area contributed by atoms with Crippen molar-refractivity contribution in [2.75, 3.05) is 20.1 Å². The van der Waals surface area contributed by atoms with Crippen LogP contribution in [0.2, 0.25) is 0 Å². The SMILES string of the molecule is COc1ccc(-c2nnc(SCc3ccc(-n4cccn4)cc3)n2N)c(OC)c1. The molecule has 0 aliphatic rings. The molecule has 0 aliphatic carbocycles. The van der Waals surface area contributed by atoms with E-state index in [0.717, 1.165) is 16.8 Å². The van der Waals surface area contributed by atoms with Gasteiger partial charge in [-0.25, -0.2) is 9.36 Å². The van der Waals surface area contributed by atoms with E-state index in [-0.39, 0.29) is 0 Å². The summed E-state index contributed by atoms with van der Waals surface area (Å²) >= 11 is 1.52. The summed E-state index contributed by atoms with van der Waals surface area (Å²) in [5, 5.41) is 13.3. The van der Waals surface area contributed by atoms with Gasteiger partial charge in [0.25, 0.3) is 0 Å². The zero-order chi connectivity index (χ0) is 20.2. The Labute approximate surface area is 172 Å². The van der Waals surface area contributed by atoms with E-state index in [9.17, 15) is 0 Å². The molecule has 29 heavy (non-hydrogen) atoms. The van der Waals surface area contributed by atoms with Crippen molar-refractivity contribution in [1.82, 2.24) is 24.7 Å². The number of rotatable bonds is 7. The molecule has 0 saturated carbocycles. The van der Waals surface area contributed by atoms with Crippen molar-refractivity contribution in [3.8, 4) is 28.6 Å². The lowest BCUT2D eigenvalue weighted by atomic mass is 10.2. The average Bonchev–Trinajstić information content (AvgIpc) is 3.42. The Morgan fingerprint density at radius 2 is 1.86 bits per heavy atom. The van der Waals surface area contributed by atoms with Crippen LogP contribution in [0.15, 0.2) is 66.1 Å². The van der Waals surface area contributed by atoms with Gasteiger partial charge in [0.05, 0.1) is 25.5 Å². The first kappa shape index (κ1) is 18.9. The van der Waals surface area contributed by atoms with Gasteiger partial charge in [-0.3, -0.25) is 0 Å². The molecule has 0 atom stereocenters. The fraction of sp³-hybridized carbons (Fsp3) is 0.150. The molecule has 2 aromatic heterocycles. The Balaban J connectivity index is 1.49. The number of hydrogen-bond donors (Lipinski definition) is 1. The number of nitrogen functional groups attached to an aromatic ring is 1. The molecule has 2 heterocycles. The molecule has 0 aliphatic heterocycles. The summed E-state index contributed by atoms with van der Waals surface area (Å²) in [7, 11) is 3.20. The monoisotopic (exact) mass is 408 g/mol. The number of aromatic nitrogens is 5. The highest BCUT2D eigenvalue weighted by Crippen LogP contribution is 2.33. The molecule has 4 aromatic rings. The molecule has 0 amide bonds. The Bertz CT molecular complexity index is 1090. The zero-order valence-corrected chi connectivity index (χ0v) is 16.8. The van der Waals surface area contributed by atoms with E-state index in [0.29, 0.717) is 28.2 Å². The van der Waals surface area contributed by atoms with E-state index in [1.165, 1.54) is 16.4 Å². The zero-order valence-electron chi connectivity index (χ0n) is 16.0. The van der Waals surface area contributed by atoms with Gasteiger partial charge in [-0.1, -0.05) is 23.9 Å². The second-order valence-electron chi connectivity index (χ2n) is 6.15. The summed E-state index contributed by atoms with van der Waals surface area (Å²) in [6.45, 7) is 0. The third kappa shape index (κ3) is 3.90. The van der Waals surface area contributed by atoms with Crippen molar-refractivity contribution in [2.45, 2.75) is 10.9 Å². The number of ether oxygens (including phenoxy) is 2. The highest BCUT2D eigenvalue weighted by atomic mass is 32.2. The molecule has 0 radical (unpaired) electrons. The van der Waals surface area contributed by atoms with Crippen LogP contribution in [0.1, 0.15) is 5.56 Å². The molecule has 0 fully saturated rings. The summed E-state index contributed by atoms with van der Waals surface area (Å²) in [4.78, 5) is 0. The second kappa shape index (κ2) is 8.27. The molecular weight excluding hydrogens is 388 g/mol. The summed E-state index contributed by atoms with van der Waals surface area (Å²) in [5.41, 5.74) is 2.91. The lowest BCUT2D eigenvalue weighted by molar-refractivity contribution is 0.395. The molecule has 0 unspecified atom stereocenters. The van der Waals surface area contributed by atoms with Crippen molar-refractivity contribution in [1.29, 1.82) is 0 Å². The lowest BCUT2D eigenvalue weighted by Crippen LogP contribution is -2.12. The highest BCUT2D eigenvalue weighted by molar-refractivity contribution is 7.98. The molecule has 148 valence electrons. The third-order valence-corrected chi connectivity index (χ3v) is 5.40. The van der Waals surface area contributed by atoms with Crippen LogP contribution in [-0.2, 0) is 5.75 Å². The third-order valence-electron chi connectivity index (χ3n) is 4.39. The van der Waals surface area contributed by atoms with Crippen molar-refractivity contribution < 1.29 is 9.47 Å². The fourth-order valence-corrected chi connectivity index (χ4v) is 3.67. The molecule has 0 saturated heterocycles. The fourth-order valence-electron chi connectivity index (χ4n) is 2.86. The molecular formula is C20H20N6O2S. The van der Waals surface area contributed by atoms with Crippen LogP contribution in [0.25, 0.3) is 17.1 Å². The average molecular weight is 408 g/mol. The van der Waals surface area contributed by atoms with Crippen molar-refractivity contribution >= 4 is 11.8 Å². The van der Waals surface area contributed by atoms with Gasteiger partial charge in [0, 0.05) is 24.2 Å². The number of nitrogens with two attached hydrogens (primary N) is 1. The van der Waals surface area contributed by atoms with Crippen molar-refractivity contribution in [3.63, 3.8) is 0 Å². The van der Waals surface area contributed by atoms with Gasteiger partial charge in [0.15, 0.2) is 5.82 Å². The number of nitrogens with zero attached hydrogens (tertiary/aromatic N) is 5. The lowest BCUT2D eigenvalue weighted by Gasteiger charge is -2.10. The molecule has 2 aromatic carbocycles. The molecule has 4 rings (SSSR count). The molecule has 0 spiro atoms. The van der Waals surface area contributed by atoms with Crippen LogP contribution in [0.3, 0.4) is 0 Å². The van der Waals surface area contributed by atoms with Crippen molar-refractivity contribution in [3.05, 3.63) is 66.5 Å². The van der Waals surface area contributed by atoms with Gasteiger partial charge in [-0.15, -0.1) is 10.2 Å². The minimum atomic E-state index is 0.529. The maximum absolute atomic E-state index is 6.25. The Morgan fingerprint density at radius 1 is 1.03 bits per heavy atom. The summed E-state index contributed by atoms with van der Waals surface area (Å²) in [6.07, 6.45) is 3.67. The standard InChI is InChI=1S/C20H20N6O2S/c1-27-16-8-9-17(18(12-16)28-2)19-23-24-20(26(19)21)29-13-14-4-6-15(7-5-14)25-11-3-10-22-25/h3-12H,13,21H2,1-2H3. The van der Waals surface area contributed by atoms with Crippen molar-refractivity contribution in [2.24, 2.45) is 0 Å². The van der Waals surface area contributed by atoms with Gasteiger partial charge in [0.2, 0.25) is 5.16 Å². The molecule has 8 nitrogen and oxygen atoms in total. The smallest absolute Gasteiger partial charge is 0.210 e. The first-order valence-corrected chi connectivity index (χ1v) is 9.83. The first-order valence-electron chi connectivity index (χ1n) is 8.84. The largest absolute Gasteiger partial charge is 0.497 e. The van der Waals surface area contributed by atoms with Crippen LogP contribution in [0.4, 0.5) is 0 Å². The Kier molecular flexibility index (Phi) is 5.39. The predicted octanol–water partition coefficient (Wildman–Crippen LogP) is 3.15. The van der Waals surface area contributed by atoms with Crippen LogP contribution in [0.5, 0.6) is 11.5 Å². The first-order chi connectivity index (χ1) is 14.2. The van der Waals surface area contributed by atoms with E-state index >= 15 is 0 Å². The maximum atomic E-state index is 6.25. The number of hydrogen-bond acceptors (Lipinski definition) is 7. The normalized spacial score (nSPS) is 10.8. The van der Waals surface area contributed by atoms with Crippen LogP contribution in [0, 0.1) is 0 Å². The van der Waals surface area contributed by atoms with Gasteiger partial charge in [-0.2, -0.15) is 5.10 Å². The summed E-state index contributed by atoms with van der Waals surface area (Å²) in [6, 6.07) is 15.6. The van der Waals surface area contributed by atoms with E-state index in [1.807, 2.05) is 41.2 Å². The number of thioether (sulfide) groups is 1. The Hall–Kier alpha value is -3.46. The minimum absolute atomic E-state index is 0.529. The van der Waals surface area contributed by atoms with Crippen LogP contribution >= 0.6 is 11.8 Å². The van der Waals surface area contributed by atoms with Gasteiger partial charge in [0.1, 0.15) is 11.5 Å². The molecule has 0 bridgehead atoms. The van der Waals surface area contributed by atoms with E-state index in [1.54, 1.807) is 26.5 Å². The quantitative estimate of drug-likeness (QED) is 0.371. The molecule has 9 heteroatoms. The van der Waals surface area contributed by atoms with Crippen LogP contribution in [-0.4, -0.2) is 38.9 Å². The maximum Gasteiger partial charge on any atom is 0.210 e.